The molecular weight excluding hydrogens is 406 g/mol. The van der Waals surface area contributed by atoms with E-state index >= 15 is 0 Å². The maximum absolute atomic E-state index is 12.7. The number of nitro benzene ring substituents is 1. The van der Waals surface area contributed by atoms with Crippen LogP contribution in [0.2, 0.25) is 0 Å². The normalized spacial score (nSPS) is 14.5. The molecule has 9 heteroatoms. The van der Waals surface area contributed by atoms with Gasteiger partial charge in [0.1, 0.15) is 17.1 Å². The highest BCUT2D eigenvalue weighted by Crippen LogP contribution is 2.32. The Morgan fingerprint density at radius 2 is 1.63 bits per heavy atom. The van der Waals surface area contributed by atoms with E-state index in [1.165, 1.54) is 21.9 Å². The highest BCUT2D eigenvalue weighted by atomic mass is 32.1. The van der Waals surface area contributed by atoms with Gasteiger partial charge >= 0.3 is 0 Å². The molecule has 30 heavy (non-hydrogen) atoms. The molecule has 1 aromatic carbocycles. The second-order valence-corrected chi connectivity index (χ2v) is 7.15. The minimum atomic E-state index is -0.461. The number of benzene rings is 1. The number of hydrogen-bond donors (Lipinski definition) is 0. The molecule has 0 radical (unpaired) electrons. The number of furan rings is 1. The third-order valence-corrected chi connectivity index (χ3v) is 5.62. The van der Waals surface area contributed by atoms with Crippen molar-refractivity contribution in [3.05, 3.63) is 56.8 Å². The van der Waals surface area contributed by atoms with Gasteiger partial charge < -0.3 is 4.42 Å². The lowest BCUT2D eigenvalue weighted by Crippen LogP contribution is -2.55. The summed E-state index contributed by atoms with van der Waals surface area (Å²) in [6, 6.07) is 6.42. The number of nitrogens with zero attached hydrogens (tertiary/aromatic N) is 3. The fourth-order valence-corrected chi connectivity index (χ4v) is 3.80. The van der Waals surface area contributed by atoms with Gasteiger partial charge in [0.25, 0.3) is 17.5 Å². The molecule has 0 N–H and O–H groups in total. The molecule has 0 aliphatic carbocycles. The van der Waals surface area contributed by atoms with Crippen LogP contribution in [0.15, 0.2) is 34.3 Å². The number of rotatable bonds is 5. The Hall–Kier alpha value is -3.33. The molecule has 156 valence electrons. The second-order valence-electron chi connectivity index (χ2n) is 6.78. The van der Waals surface area contributed by atoms with Crippen molar-refractivity contribution in [2.45, 2.75) is 27.7 Å². The summed E-state index contributed by atoms with van der Waals surface area (Å²) < 4.78 is 5.85. The van der Waals surface area contributed by atoms with Crippen molar-refractivity contribution >= 4 is 40.9 Å². The number of hydrogen-bond acceptors (Lipinski definition) is 6. The Bertz CT molecular complexity index is 1070. The third-order valence-electron chi connectivity index (χ3n) is 5.18. The van der Waals surface area contributed by atoms with Crippen molar-refractivity contribution in [2.75, 3.05) is 13.1 Å². The van der Waals surface area contributed by atoms with Crippen LogP contribution < -0.4 is 0 Å². The van der Waals surface area contributed by atoms with Crippen LogP contribution in [0.25, 0.3) is 17.4 Å². The van der Waals surface area contributed by atoms with Crippen LogP contribution in [0.4, 0.5) is 5.69 Å². The van der Waals surface area contributed by atoms with Crippen molar-refractivity contribution in [3.8, 4) is 11.3 Å². The SMILES string of the molecule is CCN1C(=O)C(=Cc2ccc(-c3ccc([N+](=O)[O-])c(C)c3C)o2)C(=O)N(CC)C1=S. The summed E-state index contributed by atoms with van der Waals surface area (Å²) in [5.74, 6) is -0.102. The molecule has 2 aromatic rings. The Morgan fingerprint density at radius 1 is 1.03 bits per heavy atom. The predicted octanol–water partition coefficient (Wildman–Crippen LogP) is 3.85. The summed E-state index contributed by atoms with van der Waals surface area (Å²) in [6.45, 7) is 7.74. The Balaban J connectivity index is 2.00. The van der Waals surface area contributed by atoms with E-state index < -0.39 is 16.7 Å². The standard InChI is InChI=1S/C21H21N3O5S/c1-5-22-19(25)16(20(26)23(6-2)21(22)30)11-14-7-10-18(29-14)15-8-9-17(24(27)28)13(4)12(15)3/h7-11H,5-6H2,1-4H3. The van der Waals surface area contributed by atoms with Crippen LogP contribution in [-0.4, -0.2) is 44.7 Å². The molecule has 1 saturated heterocycles. The first kappa shape index (κ1) is 21.4. The summed E-state index contributed by atoms with van der Waals surface area (Å²) in [4.78, 5) is 38.9. The Kier molecular flexibility index (Phi) is 5.84. The number of nitro groups is 1. The van der Waals surface area contributed by atoms with Crippen LogP contribution in [0.5, 0.6) is 0 Å². The van der Waals surface area contributed by atoms with Crippen molar-refractivity contribution < 1.29 is 18.9 Å². The van der Waals surface area contributed by atoms with Gasteiger partial charge in [0, 0.05) is 30.3 Å². The minimum Gasteiger partial charge on any atom is -0.457 e. The monoisotopic (exact) mass is 427 g/mol. The quantitative estimate of drug-likeness (QED) is 0.236. The molecule has 8 nitrogen and oxygen atoms in total. The molecule has 0 atom stereocenters. The van der Waals surface area contributed by atoms with Gasteiger partial charge in [0.05, 0.1) is 4.92 Å². The van der Waals surface area contributed by atoms with Gasteiger partial charge in [-0.15, -0.1) is 0 Å². The van der Waals surface area contributed by atoms with Gasteiger partial charge in [-0.1, -0.05) is 0 Å². The average molecular weight is 427 g/mol. The Labute approximate surface area is 178 Å². The Morgan fingerprint density at radius 3 is 2.17 bits per heavy atom. The zero-order valence-electron chi connectivity index (χ0n) is 17.1. The van der Waals surface area contributed by atoms with E-state index in [4.69, 9.17) is 16.6 Å². The molecule has 3 rings (SSSR count). The number of carbonyl (C=O) groups excluding carboxylic acids is 2. The van der Waals surface area contributed by atoms with Gasteiger partial charge in [-0.25, -0.2) is 0 Å². The van der Waals surface area contributed by atoms with E-state index in [-0.39, 0.29) is 16.4 Å². The fraction of sp³-hybridized carbons (Fsp3) is 0.286. The van der Waals surface area contributed by atoms with Crippen LogP contribution in [0.3, 0.4) is 0 Å². The van der Waals surface area contributed by atoms with Crippen LogP contribution >= 0.6 is 12.2 Å². The fourth-order valence-electron chi connectivity index (χ4n) is 3.37. The summed E-state index contributed by atoms with van der Waals surface area (Å²) >= 11 is 5.25. The van der Waals surface area contributed by atoms with E-state index in [0.29, 0.717) is 35.7 Å². The van der Waals surface area contributed by atoms with Crippen molar-refractivity contribution in [2.24, 2.45) is 0 Å². The van der Waals surface area contributed by atoms with Gasteiger partial charge in [0.15, 0.2) is 5.11 Å². The highest BCUT2D eigenvalue weighted by Gasteiger charge is 2.38. The van der Waals surface area contributed by atoms with Crippen molar-refractivity contribution in [1.82, 2.24) is 9.80 Å². The average Bonchev–Trinajstić information content (AvgIpc) is 3.16. The molecule has 1 fully saturated rings. The lowest BCUT2D eigenvalue weighted by Gasteiger charge is -2.35. The maximum Gasteiger partial charge on any atom is 0.272 e. The highest BCUT2D eigenvalue weighted by molar-refractivity contribution is 7.80. The molecule has 0 bridgehead atoms. The van der Waals surface area contributed by atoms with Gasteiger partial charge in [-0.2, -0.15) is 0 Å². The first-order chi connectivity index (χ1) is 14.2. The van der Waals surface area contributed by atoms with E-state index in [1.807, 2.05) is 0 Å². The summed E-state index contributed by atoms with van der Waals surface area (Å²) in [5, 5.41) is 11.3. The number of likely N-dealkylation sites (N-methyl/N-ethyl adjacent to an activating group) is 2. The lowest BCUT2D eigenvalue weighted by molar-refractivity contribution is -0.385. The topological polar surface area (TPSA) is 96.9 Å². The first-order valence-electron chi connectivity index (χ1n) is 9.45. The van der Waals surface area contributed by atoms with E-state index in [9.17, 15) is 19.7 Å². The predicted molar refractivity (Wildman–Crippen MR) is 116 cm³/mol. The summed E-state index contributed by atoms with van der Waals surface area (Å²) in [5.41, 5.74) is 2.00. The van der Waals surface area contributed by atoms with Crippen LogP contribution in [-0.2, 0) is 9.59 Å². The van der Waals surface area contributed by atoms with Crippen LogP contribution in [0.1, 0.15) is 30.7 Å². The molecule has 0 saturated carbocycles. The zero-order chi connectivity index (χ0) is 22.2. The van der Waals surface area contributed by atoms with Crippen LogP contribution in [0, 0.1) is 24.0 Å². The molecular formula is C21H21N3O5S. The van der Waals surface area contributed by atoms with E-state index in [1.54, 1.807) is 45.9 Å². The van der Waals surface area contributed by atoms with Gasteiger partial charge in [-0.3, -0.25) is 29.5 Å². The molecule has 1 aliphatic rings. The number of thiocarbonyl (C=S) groups is 1. The summed E-state index contributed by atoms with van der Waals surface area (Å²) in [6.07, 6.45) is 1.41. The molecule has 2 amide bonds. The molecule has 0 spiro atoms. The van der Waals surface area contributed by atoms with Gasteiger partial charge in [-0.05, 0) is 69.8 Å². The maximum atomic E-state index is 12.7. The number of amides is 2. The lowest BCUT2D eigenvalue weighted by atomic mass is 10.00. The molecule has 1 aliphatic heterocycles. The third kappa shape index (κ3) is 3.52. The van der Waals surface area contributed by atoms with Gasteiger partial charge in [0.2, 0.25) is 0 Å². The molecule has 1 aromatic heterocycles. The van der Waals surface area contributed by atoms with Crippen molar-refractivity contribution in [1.29, 1.82) is 0 Å². The molecule has 2 heterocycles. The largest absolute Gasteiger partial charge is 0.457 e. The second kappa shape index (κ2) is 8.19. The van der Waals surface area contributed by atoms with E-state index in [2.05, 4.69) is 0 Å². The zero-order valence-corrected chi connectivity index (χ0v) is 17.9. The minimum absolute atomic E-state index is 0.0233. The van der Waals surface area contributed by atoms with E-state index in [0.717, 1.165) is 5.56 Å². The van der Waals surface area contributed by atoms with Crippen molar-refractivity contribution in [3.63, 3.8) is 0 Å². The smallest absolute Gasteiger partial charge is 0.272 e. The molecule has 0 unspecified atom stereocenters. The summed E-state index contributed by atoms with van der Waals surface area (Å²) in [7, 11) is 0. The number of carbonyl (C=O) groups is 2. The first-order valence-corrected chi connectivity index (χ1v) is 9.86.